The molecule has 1 aromatic heterocycles. The first-order valence-corrected chi connectivity index (χ1v) is 11.5. The lowest BCUT2D eigenvalue weighted by molar-refractivity contribution is 0.0602. The van der Waals surface area contributed by atoms with Crippen molar-refractivity contribution in [3.8, 4) is 23.0 Å². The molecule has 7 nitrogen and oxygen atoms in total. The average molecular weight is 493 g/mol. The van der Waals surface area contributed by atoms with Crippen molar-refractivity contribution in [2.45, 2.75) is 6.42 Å². The van der Waals surface area contributed by atoms with Gasteiger partial charge < -0.3 is 24.7 Å². The number of benzene rings is 4. The van der Waals surface area contributed by atoms with Gasteiger partial charge in [0.25, 0.3) is 0 Å². The lowest BCUT2D eigenvalue weighted by Crippen LogP contribution is -2.01. The molecule has 0 aliphatic heterocycles. The molecule has 184 valence electrons. The number of phenolic OH excluding ortho intramolecular Hbond substituents is 1. The summed E-state index contributed by atoms with van der Waals surface area (Å²) >= 11 is 0. The Morgan fingerprint density at radius 3 is 2.51 bits per heavy atom. The van der Waals surface area contributed by atoms with Crippen LogP contribution in [0.3, 0.4) is 0 Å². The highest BCUT2D eigenvalue weighted by molar-refractivity contribution is 6.02. The van der Waals surface area contributed by atoms with Gasteiger partial charge in [-0.1, -0.05) is 55.1 Å². The third kappa shape index (κ3) is 4.75. The molecular weight excluding hydrogens is 468 g/mol. The Morgan fingerprint density at radius 1 is 0.973 bits per heavy atom. The molecule has 0 amide bonds. The monoisotopic (exact) mass is 492 g/mol. The molecule has 0 unspecified atom stereocenters. The number of hydrogen-bond donors (Lipinski definition) is 2. The van der Waals surface area contributed by atoms with Crippen LogP contribution in [0.25, 0.3) is 28.3 Å². The van der Waals surface area contributed by atoms with Gasteiger partial charge in [0.1, 0.15) is 17.0 Å². The van der Waals surface area contributed by atoms with Crippen molar-refractivity contribution in [1.29, 1.82) is 0 Å². The number of anilines is 1. The van der Waals surface area contributed by atoms with Gasteiger partial charge in [0, 0.05) is 0 Å². The van der Waals surface area contributed by atoms with Crippen LogP contribution in [-0.4, -0.2) is 23.2 Å². The number of carbonyl (C=O) groups excluding carboxylic acids is 1. The molecule has 0 aliphatic rings. The molecule has 0 radical (unpaired) electrons. The number of rotatable bonds is 7. The second-order valence-electron chi connectivity index (χ2n) is 8.42. The average Bonchev–Trinajstić information content (AvgIpc) is 3.34. The Hall–Kier alpha value is -5.04. The van der Waals surface area contributed by atoms with Gasteiger partial charge >= 0.3 is 5.97 Å². The van der Waals surface area contributed by atoms with Gasteiger partial charge in [-0.3, -0.25) is 0 Å². The Morgan fingerprint density at radius 2 is 1.76 bits per heavy atom. The third-order valence-electron chi connectivity index (χ3n) is 5.97. The number of ether oxygens (including phenoxy) is 2. The van der Waals surface area contributed by atoms with Crippen LogP contribution in [0, 0.1) is 0 Å². The molecule has 0 atom stereocenters. The molecule has 5 rings (SSSR count). The minimum Gasteiger partial charge on any atom is -0.507 e. The number of aromatic nitrogens is 1. The Kier molecular flexibility index (Phi) is 6.34. The number of methoxy groups -OCH3 is 1. The maximum Gasteiger partial charge on any atom is 0.340 e. The summed E-state index contributed by atoms with van der Waals surface area (Å²) in [7, 11) is 1.31. The number of nitrogens with two attached hydrogens (primary N) is 1. The van der Waals surface area contributed by atoms with Crippen LogP contribution in [0.4, 0.5) is 5.69 Å². The topological polar surface area (TPSA) is 108 Å². The first-order valence-electron chi connectivity index (χ1n) is 11.5. The number of esters is 1. The summed E-state index contributed by atoms with van der Waals surface area (Å²) in [6.07, 6.45) is 0.694. The molecule has 4 aromatic carbocycles. The maximum atomic E-state index is 12.1. The molecule has 7 heteroatoms. The number of aromatic hydroxyl groups is 1. The summed E-state index contributed by atoms with van der Waals surface area (Å²) in [5.41, 5.74) is 10.8. The zero-order valence-electron chi connectivity index (χ0n) is 20.1. The van der Waals surface area contributed by atoms with Crippen LogP contribution in [0.2, 0.25) is 0 Å². The summed E-state index contributed by atoms with van der Waals surface area (Å²) in [5.74, 6) is 0.334. The Balaban J connectivity index is 1.40. The highest BCUT2D eigenvalue weighted by Crippen LogP contribution is 2.37. The number of carbonyl (C=O) groups is 1. The third-order valence-corrected chi connectivity index (χ3v) is 5.97. The van der Waals surface area contributed by atoms with Crippen molar-refractivity contribution in [2.75, 3.05) is 12.8 Å². The van der Waals surface area contributed by atoms with Crippen molar-refractivity contribution in [3.05, 3.63) is 114 Å². The van der Waals surface area contributed by atoms with Gasteiger partial charge in [-0.2, -0.15) is 0 Å². The molecule has 3 N–H and O–H groups in total. The summed E-state index contributed by atoms with van der Waals surface area (Å²) in [4.78, 5) is 16.6. The first-order chi connectivity index (χ1) is 17.9. The summed E-state index contributed by atoms with van der Waals surface area (Å²) in [5, 5.41) is 10.7. The smallest absolute Gasteiger partial charge is 0.340 e. The van der Waals surface area contributed by atoms with Gasteiger partial charge in [0.2, 0.25) is 5.89 Å². The molecule has 0 saturated carbocycles. The minimum absolute atomic E-state index is 0.0578. The maximum absolute atomic E-state index is 12.1. The highest BCUT2D eigenvalue weighted by Gasteiger charge is 2.20. The largest absolute Gasteiger partial charge is 0.507 e. The highest BCUT2D eigenvalue weighted by atomic mass is 16.5. The SMILES string of the molecule is C=C(Oc1cccc(-c2nc3c(C(=O)OC)cccc3o2)c1N)c1ccc(Cc2ccccc2)cc1O. The molecule has 5 aromatic rings. The van der Waals surface area contributed by atoms with Crippen molar-refractivity contribution in [2.24, 2.45) is 0 Å². The van der Waals surface area contributed by atoms with Crippen LogP contribution in [0.1, 0.15) is 27.0 Å². The van der Waals surface area contributed by atoms with Crippen LogP contribution in [0.5, 0.6) is 11.5 Å². The van der Waals surface area contributed by atoms with Crippen molar-refractivity contribution < 1.29 is 23.8 Å². The number of oxazole rings is 1. The van der Waals surface area contributed by atoms with E-state index in [4.69, 9.17) is 19.6 Å². The van der Waals surface area contributed by atoms with E-state index in [1.165, 1.54) is 7.11 Å². The molecular formula is C30H24N2O5. The Bertz CT molecular complexity index is 1620. The van der Waals surface area contributed by atoms with Crippen molar-refractivity contribution >= 4 is 28.5 Å². The van der Waals surface area contributed by atoms with Gasteiger partial charge in [-0.05, 0) is 53.9 Å². The number of nitrogens with zero attached hydrogens (tertiary/aromatic N) is 1. The first kappa shape index (κ1) is 23.7. The van der Waals surface area contributed by atoms with Crippen LogP contribution < -0.4 is 10.5 Å². The molecule has 1 heterocycles. The van der Waals surface area contributed by atoms with E-state index in [9.17, 15) is 9.90 Å². The molecule has 0 bridgehead atoms. The number of nitrogen functional groups attached to an aromatic ring is 1. The second-order valence-corrected chi connectivity index (χ2v) is 8.42. The van der Waals surface area contributed by atoms with Gasteiger partial charge in [-0.15, -0.1) is 0 Å². The van der Waals surface area contributed by atoms with E-state index in [-0.39, 0.29) is 23.1 Å². The molecule has 0 spiro atoms. The molecule has 0 saturated heterocycles. The van der Waals surface area contributed by atoms with Gasteiger partial charge in [0.15, 0.2) is 11.3 Å². The van der Waals surface area contributed by atoms with Crippen LogP contribution in [-0.2, 0) is 11.2 Å². The lowest BCUT2D eigenvalue weighted by atomic mass is 10.0. The fourth-order valence-electron chi connectivity index (χ4n) is 4.10. The van der Waals surface area contributed by atoms with Crippen LogP contribution in [0.15, 0.2) is 95.9 Å². The quantitative estimate of drug-likeness (QED) is 0.158. The standard InChI is InChI=1S/C30H24N2O5/c1-18(21-15-14-20(17-24(21)33)16-19-8-4-3-5-9-19)36-25-12-6-10-22(27(25)31)29-32-28-23(30(34)35-2)11-7-13-26(28)37-29/h3-15,17,33H,1,16,31H2,2H3. The fraction of sp³-hybridized carbons (Fsp3) is 0.0667. The minimum atomic E-state index is -0.513. The zero-order valence-corrected chi connectivity index (χ0v) is 20.1. The lowest BCUT2D eigenvalue weighted by Gasteiger charge is -2.14. The van der Waals surface area contributed by atoms with E-state index in [0.29, 0.717) is 40.0 Å². The number of hydrogen-bond acceptors (Lipinski definition) is 7. The summed E-state index contributed by atoms with van der Waals surface area (Å²) in [6, 6.07) is 25.6. The number of fused-ring (bicyclic) bond motifs is 1. The van der Waals surface area contributed by atoms with E-state index in [1.54, 1.807) is 48.5 Å². The van der Waals surface area contributed by atoms with Gasteiger partial charge in [-0.25, -0.2) is 9.78 Å². The molecule has 37 heavy (non-hydrogen) atoms. The van der Waals surface area contributed by atoms with E-state index in [1.807, 2.05) is 36.4 Å². The second kappa shape index (κ2) is 9.91. The molecule has 0 aliphatic carbocycles. The Labute approximate surface area is 213 Å². The van der Waals surface area contributed by atoms with Crippen LogP contribution >= 0.6 is 0 Å². The zero-order chi connectivity index (χ0) is 25.9. The predicted octanol–water partition coefficient (Wildman–Crippen LogP) is 6.21. The van der Waals surface area contributed by atoms with E-state index < -0.39 is 5.97 Å². The normalized spacial score (nSPS) is 10.8. The molecule has 0 fully saturated rings. The van der Waals surface area contributed by atoms with Gasteiger partial charge in [0.05, 0.1) is 29.5 Å². The fourth-order valence-corrected chi connectivity index (χ4v) is 4.10. The van der Waals surface area contributed by atoms with E-state index in [0.717, 1.165) is 11.1 Å². The number of phenols is 1. The predicted molar refractivity (Wildman–Crippen MR) is 142 cm³/mol. The number of para-hydroxylation sites is 2. The van der Waals surface area contributed by atoms with Crippen molar-refractivity contribution in [3.63, 3.8) is 0 Å². The van der Waals surface area contributed by atoms with E-state index in [2.05, 4.69) is 11.6 Å². The summed E-state index contributed by atoms with van der Waals surface area (Å²) in [6.45, 7) is 3.99. The summed E-state index contributed by atoms with van der Waals surface area (Å²) < 4.78 is 16.7. The van der Waals surface area contributed by atoms with E-state index >= 15 is 0 Å². The van der Waals surface area contributed by atoms with Crippen molar-refractivity contribution in [1.82, 2.24) is 4.98 Å².